The van der Waals surface area contributed by atoms with Gasteiger partial charge in [-0.1, -0.05) is 25.1 Å². The van der Waals surface area contributed by atoms with Crippen LogP contribution in [0.15, 0.2) is 24.3 Å². The molecular weight excluding hydrogens is 246 g/mol. The van der Waals surface area contributed by atoms with E-state index in [0.717, 1.165) is 12.1 Å². The molecule has 0 spiro atoms. The molecule has 1 amide bonds. The maximum Gasteiger partial charge on any atom is 0.237 e. The lowest BCUT2D eigenvalue weighted by atomic mass is 10.1. The quantitative estimate of drug-likeness (QED) is 0.906. The number of nitrogens with zero attached hydrogens (tertiary/aromatic N) is 1. The number of carbonyl (C=O) groups excluding carboxylic acids is 1. The van der Waals surface area contributed by atoms with Crippen LogP contribution in [0.2, 0.25) is 0 Å². The van der Waals surface area contributed by atoms with Crippen molar-refractivity contribution in [1.82, 2.24) is 0 Å². The Morgan fingerprint density at radius 1 is 1.56 bits per heavy atom. The number of rotatable bonds is 4. The highest BCUT2D eigenvalue weighted by molar-refractivity contribution is 8.00. The number of hydrogen-bond donors (Lipinski definition) is 1. The Morgan fingerprint density at radius 3 is 3.00 bits per heavy atom. The van der Waals surface area contributed by atoms with Crippen LogP contribution >= 0.6 is 11.8 Å². The molecule has 0 bridgehead atoms. The number of amides is 1. The van der Waals surface area contributed by atoms with E-state index in [1.807, 2.05) is 30.0 Å². The minimum absolute atomic E-state index is 0.113. The van der Waals surface area contributed by atoms with Crippen molar-refractivity contribution in [2.75, 3.05) is 17.3 Å². The van der Waals surface area contributed by atoms with Crippen LogP contribution in [0.4, 0.5) is 5.69 Å². The van der Waals surface area contributed by atoms with Crippen LogP contribution in [-0.4, -0.2) is 34.7 Å². The molecule has 1 heterocycles. The minimum Gasteiger partial charge on any atom is -0.395 e. The number of aliphatic hydroxyl groups excluding tert-OH is 1. The first-order valence-corrected chi connectivity index (χ1v) is 7.30. The van der Waals surface area contributed by atoms with Gasteiger partial charge >= 0.3 is 0 Å². The number of anilines is 1. The molecule has 0 saturated heterocycles. The van der Waals surface area contributed by atoms with Gasteiger partial charge in [0.2, 0.25) is 5.91 Å². The van der Waals surface area contributed by atoms with E-state index in [1.54, 1.807) is 0 Å². The highest BCUT2D eigenvalue weighted by Gasteiger charge is 2.30. The minimum atomic E-state index is 0.113. The van der Waals surface area contributed by atoms with Gasteiger partial charge in [-0.15, -0.1) is 11.8 Å². The largest absolute Gasteiger partial charge is 0.395 e. The van der Waals surface area contributed by atoms with Crippen molar-refractivity contribution in [3.63, 3.8) is 0 Å². The van der Waals surface area contributed by atoms with Crippen LogP contribution in [0.1, 0.15) is 19.4 Å². The van der Waals surface area contributed by atoms with E-state index >= 15 is 0 Å². The fourth-order valence-corrected chi connectivity index (χ4v) is 2.95. The summed E-state index contributed by atoms with van der Waals surface area (Å²) in [6.07, 6.45) is 0.933. The molecule has 3 nitrogen and oxygen atoms in total. The molecule has 2 unspecified atom stereocenters. The zero-order chi connectivity index (χ0) is 13.1. The zero-order valence-electron chi connectivity index (χ0n) is 10.8. The molecule has 0 aliphatic carbocycles. The predicted octanol–water partition coefficient (Wildman–Crippen LogP) is 2.08. The molecule has 18 heavy (non-hydrogen) atoms. The molecule has 0 saturated carbocycles. The first-order valence-electron chi connectivity index (χ1n) is 6.26. The molecule has 98 valence electrons. The first kappa shape index (κ1) is 13.4. The average Bonchev–Trinajstić information content (AvgIpc) is 2.71. The van der Waals surface area contributed by atoms with E-state index in [9.17, 15) is 4.79 Å². The second-order valence-electron chi connectivity index (χ2n) is 4.75. The maximum atomic E-state index is 12.3. The molecule has 1 aliphatic rings. The molecule has 0 aromatic heterocycles. The Morgan fingerprint density at radius 2 is 2.28 bits per heavy atom. The second kappa shape index (κ2) is 5.76. The van der Waals surface area contributed by atoms with Crippen molar-refractivity contribution in [2.24, 2.45) is 0 Å². The summed E-state index contributed by atoms with van der Waals surface area (Å²) in [6.45, 7) is 4.13. The lowest BCUT2D eigenvalue weighted by Gasteiger charge is -2.23. The van der Waals surface area contributed by atoms with Crippen molar-refractivity contribution in [3.05, 3.63) is 29.8 Å². The lowest BCUT2D eigenvalue weighted by molar-refractivity contribution is -0.116. The van der Waals surface area contributed by atoms with E-state index in [1.165, 1.54) is 17.3 Å². The Labute approximate surface area is 112 Å². The smallest absolute Gasteiger partial charge is 0.237 e. The fraction of sp³-hybridized carbons (Fsp3) is 0.500. The van der Waals surface area contributed by atoms with Crippen LogP contribution in [0.3, 0.4) is 0 Å². The number of thioether (sulfide) groups is 1. The molecular formula is C14H19NO2S. The van der Waals surface area contributed by atoms with Gasteiger partial charge in [0.1, 0.15) is 0 Å². The summed E-state index contributed by atoms with van der Waals surface area (Å²) in [4.78, 5) is 14.2. The lowest BCUT2D eigenvalue weighted by Crippen LogP contribution is -2.37. The number of para-hydroxylation sites is 1. The molecule has 0 radical (unpaired) electrons. The van der Waals surface area contributed by atoms with Gasteiger partial charge in [0, 0.05) is 17.0 Å². The molecule has 2 atom stereocenters. The standard InChI is InChI=1S/C14H19NO2S/c1-10-7-12-5-3-4-6-13(12)15(10)14(17)9-18-11(2)8-16/h3-6,10-11,16H,7-9H2,1-2H3. The molecule has 4 heteroatoms. The van der Waals surface area contributed by atoms with E-state index in [2.05, 4.69) is 13.0 Å². The molecule has 2 rings (SSSR count). The summed E-state index contributed by atoms with van der Waals surface area (Å²) in [6, 6.07) is 8.32. The molecule has 0 fully saturated rings. The van der Waals surface area contributed by atoms with Crippen molar-refractivity contribution >= 4 is 23.4 Å². The highest BCUT2D eigenvalue weighted by Crippen LogP contribution is 2.32. The number of carbonyl (C=O) groups is 1. The number of benzene rings is 1. The van der Waals surface area contributed by atoms with Crippen LogP contribution in [-0.2, 0) is 11.2 Å². The highest BCUT2D eigenvalue weighted by atomic mass is 32.2. The van der Waals surface area contributed by atoms with Crippen molar-refractivity contribution in [2.45, 2.75) is 31.6 Å². The predicted molar refractivity (Wildman–Crippen MR) is 76.1 cm³/mol. The average molecular weight is 265 g/mol. The van der Waals surface area contributed by atoms with Gasteiger partial charge < -0.3 is 10.0 Å². The number of aliphatic hydroxyl groups is 1. The van der Waals surface area contributed by atoms with Gasteiger partial charge in [-0.25, -0.2) is 0 Å². The van der Waals surface area contributed by atoms with E-state index in [0.29, 0.717) is 5.75 Å². The Bertz CT molecular complexity index is 436. The van der Waals surface area contributed by atoms with Crippen LogP contribution < -0.4 is 4.90 Å². The van der Waals surface area contributed by atoms with Gasteiger partial charge in [0.15, 0.2) is 0 Å². The van der Waals surface area contributed by atoms with Crippen LogP contribution in [0.25, 0.3) is 0 Å². The van der Waals surface area contributed by atoms with Gasteiger partial charge in [-0.05, 0) is 25.0 Å². The van der Waals surface area contributed by atoms with E-state index in [4.69, 9.17) is 5.11 Å². The summed E-state index contributed by atoms with van der Waals surface area (Å²) in [5.74, 6) is 0.568. The van der Waals surface area contributed by atoms with Crippen molar-refractivity contribution < 1.29 is 9.90 Å². The van der Waals surface area contributed by atoms with Gasteiger partial charge in [-0.2, -0.15) is 0 Å². The molecule has 1 aliphatic heterocycles. The molecule has 1 aromatic carbocycles. The fourth-order valence-electron chi connectivity index (χ4n) is 2.28. The monoisotopic (exact) mass is 265 g/mol. The molecule has 1 N–H and O–H groups in total. The zero-order valence-corrected chi connectivity index (χ0v) is 11.6. The maximum absolute atomic E-state index is 12.3. The first-order chi connectivity index (χ1) is 8.63. The third kappa shape index (κ3) is 2.70. The normalized spacial score (nSPS) is 19.7. The topological polar surface area (TPSA) is 40.5 Å². The third-order valence-corrected chi connectivity index (χ3v) is 4.36. The van der Waals surface area contributed by atoms with Crippen LogP contribution in [0, 0.1) is 0 Å². The van der Waals surface area contributed by atoms with Gasteiger partial charge in [0.05, 0.1) is 12.4 Å². The van der Waals surface area contributed by atoms with E-state index < -0.39 is 0 Å². The molecule has 1 aromatic rings. The van der Waals surface area contributed by atoms with Gasteiger partial charge in [-0.3, -0.25) is 4.79 Å². The SMILES string of the molecule is CC(CO)SCC(=O)N1c2ccccc2CC1C. The Hall–Kier alpha value is -1.00. The van der Waals surface area contributed by atoms with Crippen LogP contribution in [0.5, 0.6) is 0 Å². The Kier molecular flexibility index (Phi) is 4.30. The number of hydrogen-bond acceptors (Lipinski definition) is 3. The summed E-state index contributed by atoms with van der Waals surface area (Å²) in [5.41, 5.74) is 2.30. The van der Waals surface area contributed by atoms with Crippen molar-refractivity contribution in [3.8, 4) is 0 Å². The number of fused-ring (bicyclic) bond motifs is 1. The summed E-state index contributed by atoms with van der Waals surface area (Å²) in [5, 5.41) is 9.09. The van der Waals surface area contributed by atoms with Crippen molar-refractivity contribution in [1.29, 1.82) is 0 Å². The summed E-state index contributed by atoms with van der Waals surface area (Å²) >= 11 is 1.51. The van der Waals surface area contributed by atoms with Gasteiger partial charge in [0.25, 0.3) is 0 Å². The third-order valence-electron chi connectivity index (χ3n) is 3.22. The second-order valence-corrected chi connectivity index (χ2v) is 6.18. The Balaban J connectivity index is 2.06. The summed E-state index contributed by atoms with van der Waals surface area (Å²) < 4.78 is 0. The summed E-state index contributed by atoms with van der Waals surface area (Å²) in [7, 11) is 0. The van der Waals surface area contributed by atoms with E-state index in [-0.39, 0.29) is 23.8 Å².